The highest BCUT2D eigenvalue weighted by Gasteiger charge is 2.11. The number of halogens is 1. The topological polar surface area (TPSA) is 32.3 Å². The first-order valence-corrected chi connectivity index (χ1v) is 6.58. The zero-order valence-electron chi connectivity index (χ0n) is 11.5. The largest absolute Gasteiger partial charge is 0.325 e. The summed E-state index contributed by atoms with van der Waals surface area (Å²) < 4.78 is 0. The summed E-state index contributed by atoms with van der Waals surface area (Å²) >= 11 is 6.01. The molecule has 1 amide bonds. The number of hydrogen-bond acceptors (Lipinski definition) is 2. The fourth-order valence-electron chi connectivity index (χ4n) is 1.57. The quantitative estimate of drug-likeness (QED) is 0.889. The summed E-state index contributed by atoms with van der Waals surface area (Å²) in [6.07, 6.45) is 1.03. The fraction of sp³-hybridized carbons (Fsp3) is 0.500. The first-order valence-electron chi connectivity index (χ1n) is 6.20. The zero-order valence-corrected chi connectivity index (χ0v) is 12.2. The number of rotatable bonds is 5. The molecule has 1 aromatic rings. The van der Waals surface area contributed by atoms with Gasteiger partial charge in [-0.1, -0.05) is 24.6 Å². The lowest BCUT2D eigenvalue weighted by atomic mass is 10.2. The Morgan fingerprint density at radius 3 is 2.72 bits per heavy atom. The Morgan fingerprint density at radius 1 is 1.50 bits per heavy atom. The molecule has 18 heavy (non-hydrogen) atoms. The Hall–Kier alpha value is -1.06. The summed E-state index contributed by atoms with van der Waals surface area (Å²) in [5.41, 5.74) is 1.75. The Morgan fingerprint density at radius 2 is 2.17 bits per heavy atom. The predicted molar refractivity (Wildman–Crippen MR) is 77.2 cm³/mol. The third kappa shape index (κ3) is 4.31. The van der Waals surface area contributed by atoms with Crippen LogP contribution in [-0.2, 0) is 4.79 Å². The van der Waals surface area contributed by atoms with E-state index in [1.165, 1.54) is 0 Å². The van der Waals surface area contributed by atoms with Gasteiger partial charge in [0.1, 0.15) is 0 Å². The van der Waals surface area contributed by atoms with E-state index in [2.05, 4.69) is 19.2 Å². The van der Waals surface area contributed by atoms with Gasteiger partial charge in [0.2, 0.25) is 5.91 Å². The highest BCUT2D eigenvalue weighted by atomic mass is 35.5. The summed E-state index contributed by atoms with van der Waals surface area (Å²) in [5, 5.41) is 3.52. The lowest BCUT2D eigenvalue weighted by Crippen LogP contribution is -2.36. The van der Waals surface area contributed by atoms with Crippen LogP contribution in [0.15, 0.2) is 18.2 Å². The number of anilines is 1. The molecular formula is C14H21ClN2O. The number of likely N-dealkylation sites (N-methyl/N-ethyl adjacent to an activating group) is 1. The minimum absolute atomic E-state index is 0.0160. The third-order valence-electron chi connectivity index (χ3n) is 3.19. The van der Waals surface area contributed by atoms with E-state index in [9.17, 15) is 4.79 Å². The highest BCUT2D eigenvalue weighted by Crippen LogP contribution is 2.19. The molecule has 0 spiro atoms. The normalized spacial score (nSPS) is 12.6. The summed E-state index contributed by atoms with van der Waals surface area (Å²) in [5.74, 6) is -0.0160. The van der Waals surface area contributed by atoms with Gasteiger partial charge < -0.3 is 5.32 Å². The summed E-state index contributed by atoms with van der Waals surface area (Å²) in [4.78, 5) is 13.9. The molecule has 0 radical (unpaired) electrons. The van der Waals surface area contributed by atoms with E-state index < -0.39 is 0 Å². The molecule has 3 nitrogen and oxygen atoms in total. The van der Waals surface area contributed by atoms with Crippen LogP contribution < -0.4 is 5.32 Å². The number of carbonyl (C=O) groups excluding carboxylic acids is 1. The van der Waals surface area contributed by atoms with Gasteiger partial charge in [-0.3, -0.25) is 9.69 Å². The lowest BCUT2D eigenvalue weighted by Gasteiger charge is -2.22. The molecule has 0 fully saturated rings. The maximum Gasteiger partial charge on any atom is 0.238 e. The maximum absolute atomic E-state index is 11.8. The molecule has 1 unspecified atom stereocenters. The molecule has 1 N–H and O–H groups in total. The molecular weight excluding hydrogens is 248 g/mol. The van der Waals surface area contributed by atoms with Gasteiger partial charge in [0.05, 0.1) is 6.54 Å². The molecule has 0 saturated heterocycles. The second-order valence-corrected chi connectivity index (χ2v) is 5.09. The molecule has 0 aliphatic carbocycles. The van der Waals surface area contributed by atoms with Crippen molar-refractivity contribution < 1.29 is 4.79 Å². The molecule has 100 valence electrons. The fourth-order valence-corrected chi connectivity index (χ4v) is 1.75. The van der Waals surface area contributed by atoms with Crippen molar-refractivity contribution in [1.29, 1.82) is 0 Å². The summed E-state index contributed by atoms with van der Waals surface area (Å²) in [7, 11) is 1.95. The second kappa shape index (κ2) is 6.76. The smallest absolute Gasteiger partial charge is 0.238 e. The molecule has 0 heterocycles. The number of nitrogens with one attached hydrogen (secondary N) is 1. The minimum atomic E-state index is -0.0160. The van der Waals surface area contributed by atoms with Crippen LogP contribution in [-0.4, -0.2) is 30.4 Å². The van der Waals surface area contributed by atoms with Gasteiger partial charge in [-0.25, -0.2) is 0 Å². The van der Waals surface area contributed by atoms with Gasteiger partial charge in [0, 0.05) is 16.8 Å². The Balaban J connectivity index is 2.57. The van der Waals surface area contributed by atoms with Gasteiger partial charge in [0.25, 0.3) is 0 Å². The van der Waals surface area contributed by atoms with Crippen LogP contribution in [0, 0.1) is 6.92 Å². The van der Waals surface area contributed by atoms with E-state index in [-0.39, 0.29) is 5.91 Å². The van der Waals surface area contributed by atoms with Crippen molar-refractivity contribution in [1.82, 2.24) is 4.90 Å². The number of amides is 1. The zero-order chi connectivity index (χ0) is 13.7. The minimum Gasteiger partial charge on any atom is -0.325 e. The van der Waals surface area contributed by atoms with Crippen molar-refractivity contribution in [2.24, 2.45) is 0 Å². The molecule has 4 heteroatoms. The number of benzene rings is 1. The van der Waals surface area contributed by atoms with Crippen molar-refractivity contribution >= 4 is 23.2 Å². The van der Waals surface area contributed by atoms with Gasteiger partial charge in [-0.15, -0.1) is 0 Å². The van der Waals surface area contributed by atoms with Gasteiger partial charge in [-0.2, -0.15) is 0 Å². The summed E-state index contributed by atoms with van der Waals surface area (Å²) in [6, 6.07) is 5.94. The van der Waals surface area contributed by atoms with Crippen LogP contribution in [0.25, 0.3) is 0 Å². The van der Waals surface area contributed by atoms with E-state index in [0.29, 0.717) is 17.6 Å². The molecule has 0 saturated carbocycles. The van der Waals surface area contributed by atoms with E-state index in [4.69, 9.17) is 11.6 Å². The third-order valence-corrected chi connectivity index (χ3v) is 3.60. The van der Waals surface area contributed by atoms with E-state index in [0.717, 1.165) is 17.7 Å². The molecule has 1 rings (SSSR count). The highest BCUT2D eigenvalue weighted by molar-refractivity contribution is 6.31. The van der Waals surface area contributed by atoms with E-state index >= 15 is 0 Å². The van der Waals surface area contributed by atoms with Crippen LogP contribution in [0.5, 0.6) is 0 Å². The maximum atomic E-state index is 11.8. The van der Waals surface area contributed by atoms with Crippen molar-refractivity contribution in [3.63, 3.8) is 0 Å². The van der Waals surface area contributed by atoms with Crippen LogP contribution in [0.4, 0.5) is 5.69 Å². The Kier molecular flexibility index (Phi) is 5.63. The van der Waals surface area contributed by atoms with Crippen LogP contribution in [0.1, 0.15) is 25.8 Å². The summed E-state index contributed by atoms with van der Waals surface area (Å²) in [6.45, 7) is 6.54. The van der Waals surface area contributed by atoms with Crippen molar-refractivity contribution in [3.8, 4) is 0 Å². The average molecular weight is 269 g/mol. The Bertz CT molecular complexity index is 420. The standard InChI is InChI=1S/C14H21ClN2O/c1-5-11(3)17(4)9-14(18)16-12-7-6-10(2)13(15)8-12/h6-8,11H,5,9H2,1-4H3,(H,16,18). The Labute approximate surface area is 114 Å². The SMILES string of the molecule is CCC(C)N(C)CC(=O)Nc1ccc(C)c(Cl)c1. The molecule has 0 aliphatic heterocycles. The van der Waals surface area contributed by atoms with Crippen LogP contribution >= 0.6 is 11.6 Å². The molecule has 0 aliphatic rings. The van der Waals surface area contributed by atoms with Crippen molar-refractivity contribution in [2.75, 3.05) is 18.9 Å². The van der Waals surface area contributed by atoms with Crippen molar-refractivity contribution in [2.45, 2.75) is 33.2 Å². The number of aryl methyl sites for hydroxylation is 1. The van der Waals surface area contributed by atoms with E-state index in [1.807, 2.05) is 31.0 Å². The second-order valence-electron chi connectivity index (χ2n) is 4.68. The van der Waals surface area contributed by atoms with E-state index in [1.54, 1.807) is 6.07 Å². The molecule has 1 atom stereocenters. The molecule has 1 aromatic carbocycles. The lowest BCUT2D eigenvalue weighted by molar-refractivity contribution is -0.117. The average Bonchev–Trinajstić information content (AvgIpc) is 2.32. The first kappa shape index (κ1) is 15.0. The number of carbonyl (C=O) groups is 1. The monoisotopic (exact) mass is 268 g/mol. The van der Waals surface area contributed by atoms with Crippen LogP contribution in [0.2, 0.25) is 5.02 Å². The van der Waals surface area contributed by atoms with Crippen molar-refractivity contribution in [3.05, 3.63) is 28.8 Å². The van der Waals surface area contributed by atoms with Crippen LogP contribution in [0.3, 0.4) is 0 Å². The predicted octanol–water partition coefficient (Wildman–Crippen LogP) is 3.32. The van der Waals surface area contributed by atoms with Gasteiger partial charge >= 0.3 is 0 Å². The molecule has 0 aromatic heterocycles. The number of hydrogen-bond donors (Lipinski definition) is 1. The molecule has 0 bridgehead atoms. The van der Waals surface area contributed by atoms with Gasteiger partial charge in [-0.05, 0) is 45.0 Å². The number of nitrogens with zero attached hydrogens (tertiary/aromatic N) is 1. The first-order chi connectivity index (χ1) is 8.43. The van der Waals surface area contributed by atoms with Gasteiger partial charge in [0.15, 0.2) is 0 Å².